The third-order valence-corrected chi connectivity index (χ3v) is 5.68. The maximum absolute atomic E-state index is 12.2. The number of benzene rings is 2. The van der Waals surface area contributed by atoms with Crippen LogP contribution in [0.15, 0.2) is 59.8 Å². The minimum absolute atomic E-state index is 0.0521. The first-order valence-electron chi connectivity index (χ1n) is 10.1. The molecule has 3 rings (SSSR count). The molecule has 2 aromatic carbocycles. The minimum Gasteiger partial charge on any atom is -0.346 e. The van der Waals surface area contributed by atoms with Gasteiger partial charge in [-0.15, -0.1) is 10.2 Å². The smallest absolute Gasteiger partial charge is 0.220 e. The van der Waals surface area contributed by atoms with Crippen LogP contribution in [0.4, 0.5) is 0 Å². The number of hydrogen-bond donors (Lipinski definition) is 1. The normalized spacial score (nSPS) is 12.0. The Morgan fingerprint density at radius 3 is 2.52 bits per heavy atom. The largest absolute Gasteiger partial charge is 0.346 e. The second-order valence-corrected chi connectivity index (χ2v) is 8.12. The number of hydrogen-bond acceptors (Lipinski definition) is 4. The summed E-state index contributed by atoms with van der Waals surface area (Å²) in [6.07, 6.45) is 2.43. The summed E-state index contributed by atoms with van der Waals surface area (Å²) in [5.41, 5.74) is 3.43. The van der Waals surface area contributed by atoms with Crippen LogP contribution in [-0.4, -0.2) is 20.7 Å². The van der Waals surface area contributed by atoms with Crippen LogP contribution in [-0.2, 0) is 10.5 Å². The Kier molecular flexibility index (Phi) is 7.47. The highest BCUT2D eigenvalue weighted by molar-refractivity contribution is 7.98. The third-order valence-electron chi connectivity index (χ3n) is 4.68. The molecule has 1 atom stereocenters. The van der Waals surface area contributed by atoms with Crippen molar-refractivity contribution >= 4 is 17.7 Å². The van der Waals surface area contributed by atoms with E-state index >= 15 is 0 Å². The molecule has 1 heterocycles. The van der Waals surface area contributed by atoms with Gasteiger partial charge in [-0.3, -0.25) is 9.36 Å². The maximum atomic E-state index is 12.2. The van der Waals surface area contributed by atoms with Crippen molar-refractivity contribution in [2.45, 2.75) is 57.0 Å². The second-order valence-electron chi connectivity index (χ2n) is 7.18. The fourth-order valence-electron chi connectivity index (χ4n) is 3.03. The topological polar surface area (TPSA) is 59.8 Å². The molecule has 1 N–H and O–H groups in total. The first-order valence-corrected chi connectivity index (χ1v) is 11.1. The van der Waals surface area contributed by atoms with Crippen molar-refractivity contribution in [3.63, 3.8) is 0 Å². The fraction of sp³-hybridized carbons (Fsp3) is 0.348. The molecular formula is C23H28N4OS. The molecule has 29 heavy (non-hydrogen) atoms. The van der Waals surface area contributed by atoms with Crippen molar-refractivity contribution in [1.29, 1.82) is 0 Å². The Morgan fingerprint density at radius 2 is 1.83 bits per heavy atom. The standard InChI is InChI=1S/C23H28N4OS/c1-4-5-11-21(28)24-18(3)22-25-26-23(29-16-19-9-7-6-8-10-19)27(22)20-14-12-17(2)13-15-20/h6-10,12-15,18H,4-5,11,16H2,1-3H3,(H,24,28)/t18-/m0/s1. The molecule has 0 saturated carbocycles. The van der Waals surface area contributed by atoms with Crippen molar-refractivity contribution in [3.05, 3.63) is 71.5 Å². The quantitative estimate of drug-likeness (QED) is 0.492. The highest BCUT2D eigenvalue weighted by atomic mass is 32.2. The predicted molar refractivity (Wildman–Crippen MR) is 118 cm³/mol. The van der Waals surface area contributed by atoms with Crippen LogP contribution in [0.5, 0.6) is 0 Å². The van der Waals surface area contributed by atoms with Crippen molar-refractivity contribution in [2.75, 3.05) is 0 Å². The van der Waals surface area contributed by atoms with Gasteiger partial charge in [0.2, 0.25) is 5.91 Å². The lowest BCUT2D eigenvalue weighted by atomic mass is 10.2. The second kappa shape index (κ2) is 10.3. The molecule has 0 fully saturated rings. The fourth-order valence-corrected chi connectivity index (χ4v) is 3.94. The molecule has 0 radical (unpaired) electrons. The molecule has 3 aromatic rings. The van der Waals surface area contributed by atoms with Crippen molar-refractivity contribution in [2.24, 2.45) is 0 Å². The number of aryl methyl sites for hydroxylation is 1. The van der Waals surface area contributed by atoms with Crippen LogP contribution in [0, 0.1) is 6.92 Å². The van der Waals surface area contributed by atoms with E-state index in [2.05, 4.69) is 70.3 Å². The number of carbonyl (C=O) groups is 1. The zero-order chi connectivity index (χ0) is 20.6. The van der Waals surface area contributed by atoms with Crippen LogP contribution < -0.4 is 5.32 Å². The lowest BCUT2D eigenvalue weighted by Gasteiger charge is -2.16. The van der Waals surface area contributed by atoms with Gasteiger partial charge >= 0.3 is 0 Å². The van der Waals surface area contributed by atoms with Gasteiger partial charge in [0.1, 0.15) is 0 Å². The molecule has 0 aliphatic carbocycles. The number of unbranched alkanes of at least 4 members (excludes halogenated alkanes) is 1. The summed E-state index contributed by atoms with van der Waals surface area (Å²) in [5.74, 6) is 1.60. The van der Waals surface area contributed by atoms with E-state index in [0.29, 0.717) is 6.42 Å². The van der Waals surface area contributed by atoms with Gasteiger partial charge in [0.25, 0.3) is 0 Å². The average molecular weight is 409 g/mol. The molecule has 1 amide bonds. The van der Waals surface area contributed by atoms with Gasteiger partial charge in [-0.25, -0.2) is 0 Å². The molecule has 5 nitrogen and oxygen atoms in total. The van der Waals surface area contributed by atoms with Gasteiger partial charge in [0.05, 0.1) is 6.04 Å². The Morgan fingerprint density at radius 1 is 1.10 bits per heavy atom. The molecule has 0 aliphatic rings. The van der Waals surface area contributed by atoms with E-state index in [0.717, 1.165) is 35.3 Å². The van der Waals surface area contributed by atoms with Crippen LogP contribution in [0.1, 0.15) is 56.1 Å². The summed E-state index contributed by atoms with van der Waals surface area (Å²) in [4.78, 5) is 12.2. The molecule has 0 spiro atoms. The first kappa shape index (κ1) is 21.1. The first-order chi connectivity index (χ1) is 14.1. The molecule has 0 bridgehead atoms. The summed E-state index contributed by atoms with van der Waals surface area (Å²) in [5, 5.41) is 12.8. The van der Waals surface area contributed by atoms with Crippen molar-refractivity contribution < 1.29 is 4.79 Å². The Balaban J connectivity index is 1.86. The van der Waals surface area contributed by atoms with E-state index in [-0.39, 0.29) is 11.9 Å². The number of carbonyl (C=O) groups excluding carboxylic acids is 1. The van der Waals surface area contributed by atoms with Crippen molar-refractivity contribution in [3.8, 4) is 5.69 Å². The van der Waals surface area contributed by atoms with Crippen LogP contribution >= 0.6 is 11.8 Å². The maximum Gasteiger partial charge on any atom is 0.220 e. The average Bonchev–Trinajstić information content (AvgIpc) is 3.16. The lowest BCUT2D eigenvalue weighted by Crippen LogP contribution is -2.28. The van der Waals surface area contributed by atoms with Crippen molar-refractivity contribution in [1.82, 2.24) is 20.1 Å². The molecule has 0 unspecified atom stereocenters. The molecule has 6 heteroatoms. The summed E-state index contributed by atoms with van der Waals surface area (Å²) in [7, 11) is 0. The monoisotopic (exact) mass is 408 g/mol. The highest BCUT2D eigenvalue weighted by Gasteiger charge is 2.21. The van der Waals surface area contributed by atoms with Crippen LogP contribution in [0.25, 0.3) is 5.69 Å². The Hall–Kier alpha value is -2.60. The summed E-state index contributed by atoms with van der Waals surface area (Å²) < 4.78 is 2.05. The molecular weight excluding hydrogens is 380 g/mol. The number of thioether (sulfide) groups is 1. The van der Waals surface area contributed by atoms with E-state index in [9.17, 15) is 4.79 Å². The molecule has 1 aromatic heterocycles. The van der Waals surface area contributed by atoms with Crippen LogP contribution in [0.2, 0.25) is 0 Å². The van der Waals surface area contributed by atoms with Crippen LogP contribution in [0.3, 0.4) is 0 Å². The zero-order valence-corrected chi connectivity index (χ0v) is 18.1. The van der Waals surface area contributed by atoms with E-state index in [1.807, 2.05) is 25.1 Å². The third kappa shape index (κ3) is 5.70. The number of rotatable bonds is 9. The van der Waals surface area contributed by atoms with Gasteiger partial charge in [0, 0.05) is 17.9 Å². The molecule has 0 aliphatic heterocycles. The summed E-state index contributed by atoms with van der Waals surface area (Å²) in [6, 6.07) is 18.4. The SMILES string of the molecule is CCCCC(=O)N[C@@H](C)c1nnc(SCc2ccccc2)n1-c1ccc(C)cc1. The highest BCUT2D eigenvalue weighted by Crippen LogP contribution is 2.27. The number of aromatic nitrogens is 3. The predicted octanol–water partition coefficient (Wildman–Crippen LogP) is 5.24. The molecule has 152 valence electrons. The minimum atomic E-state index is -0.223. The van der Waals surface area contributed by atoms with Gasteiger partial charge in [0.15, 0.2) is 11.0 Å². The van der Waals surface area contributed by atoms with E-state index in [4.69, 9.17) is 0 Å². The summed E-state index contributed by atoms with van der Waals surface area (Å²) in [6.45, 7) is 6.11. The van der Waals surface area contributed by atoms with E-state index < -0.39 is 0 Å². The zero-order valence-electron chi connectivity index (χ0n) is 17.3. The molecule has 0 saturated heterocycles. The van der Waals surface area contributed by atoms with Gasteiger partial charge in [-0.05, 0) is 38.0 Å². The Labute approximate surface area is 176 Å². The number of amides is 1. The number of nitrogens with zero attached hydrogens (tertiary/aromatic N) is 3. The lowest BCUT2D eigenvalue weighted by molar-refractivity contribution is -0.121. The van der Waals surface area contributed by atoms with Gasteiger partial charge in [-0.2, -0.15) is 0 Å². The summed E-state index contributed by atoms with van der Waals surface area (Å²) >= 11 is 1.65. The Bertz CT molecular complexity index is 922. The van der Waals surface area contributed by atoms with Gasteiger partial charge < -0.3 is 5.32 Å². The number of nitrogens with one attached hydrogen (secondary N) is 1. The van der Waals surface area contributed by atoms with Gasteiger partial charge in [-0.1, -0.05) is 73.1 Å². The van der Waals surface area contributed by atoms with E-state index in [1.54, 1.807) is 11.8 Å². The van der Waals surface area contributed by atoms with E-state index in [1.165, 1.54) is 11.1 Å².